The van der Waals surface area contributed by atoms with Gasteiger partial charge in [-0.2, -0.15) is 0 Å². The van der Waals surface area contributed by atoms with Gasteiger partial charge in [0, 0.05) is 12.6 Å². The van der Waals surface area contributed by atoms with Gasteiger partial charge in [0.05, 0.1) is 0 Å². The van der Waals surface area contributed by atoms with E-state index in [1.165, 1.54) is 24.0 Å². The predicted octanol–water partition coefficient (Wildman–Crippen LogP) is 4.06. The van der Waals surface area contributed by atoms with Crippen LogP contribution in [-0.2, 0) is 5.41 Å². The molecular formula is C18H29NO. The number of rotatable bonds is 6. The molecule has 0 amide bonds. The van der Waals surface area contributed by atoms with E-state index in [0.29, 0.717) is 6.04 Å². The zero-order valence-corrected chi connectivity index (χ0v) is 13.6. The Bertz CT molecular complexity index is 443. The van der Waals surface area contributed by atoms with Crippen LogP contribution < -0.4 is 10.1 Å². The lowest BCUT2D eigenvalue weighted by Crippen LogP contribution is -2.31. The van der Waals surface area contributed by atoms with Crippen LogP contribution in [0.5, 0.6) is 5.75 Å². The van der Waals surface area contributed by atoms with Crippen molar-refractivity contribution in [2.75, 3.05) is 13.2 Å². The summed E-state index contributed by atoms with van der Waals surface area (Å²) in [6.07, 6.45) is 2.78. The van der Waals surface area contributed by atoms with Gasteiger partial charge in [0.2, 0.25) is 0 Å². The third-order valence-electron chi connectivity index (χ3n) is 4.10. The number of ether oxygens (including phenoxy) is 1. The van der Waals surface area contributed by atoms with Crippen molar-refractivity contribution >= 4 is 0 Å². The molecule has 0 saturated heterocycles. The fourth-order valence-corrected chi connectivity index (χ4v) is 2.58. The highest BCUT2D eigenvalue weighted by molar-refractivity contribution is 5.41. The van der Waals surface area contributed by atoms with Crippen LogP contribution in [0.25, 0.3) is 0 Å². The van der Waals surface area contributed by atoms with Gasteiger partial charge in [-0.25, -0.2) is 0 Å². The molecule has 1 aromatic carbocycles. The molecule has 2 nitrogen and oxygen atoms in total. The molecule has 0 aromatic heterocycles. The molecule has 112 valence electrons. The molecule has 20 heavy (non-hydrogen) atoms. The summed E-state index contributed by atoms with van der Waals surface area (Å²) < 4.78 is 6.03. The molecule has 2 rings (SSSR count). The second kappa shape index (κ2) is 6.17. The lowest BCUT2D eigenvalue weighted by atomic mass is 9.86. The molecule has 0 bridgehead atoms. The van der Waals surface area contributed by atoms with E-state index in [0.717, 1.165) is 24.8 Å². The summed E-state index contributed by atoms with van der Waals surface area (Å²) in [5.41, 5.74) is 2.67. The fourth-order valence-electron chi connectivity index (χ4n) is 2.58. The molecule has 2 heteroatoms. The van der Waals surface area contributed by atoms with Gasteiger partial charge >= 0.3 is 0 Å². The Morgan fingerprint density at radius 2 is 2.00 bits per heavy atom. The van der Waals surface area contributed by atoms with Gasteiger partial charge < -0.3 is 10.1 Å². The Morgan fingerprint density at radius 3 is 2.60 bits per heavy atom. The van der Waals surface area contributed by atoms with Crippen LogP contribution in [0.15, 0.2) is 18.2 Å². The molecule has 1 N–H and O–H groups in total. The molecule has 0 spiro atoms. The molecule has 1 saturated carbocycles. The Kier molecular flexibility index (Phi) is 4.74. The first kappa shape index (κ1) is 15.4. The summed E-state index contributed by atoms with van der Waals surface area (Å²) in [5.74, 6) is 1.94. The SMILES string of the molecule is Cc1ccc(C(C)(C)C)c(OCCNC(C)C2CC2)c1. The quantitative estimate of drug-likeness (QED) is 0.791. The first-order valence-corrected chi connectivity index (χ1v) is 7.85. The van der Waals surface area contributed by atoms with E-state index in [1.807, 2.05) is 0 Å². The third-order valence-corrected chi connectivity index (χ3v) is 4.10. The second-order valence-corrected chi connectivity index (χ2v) is 7.18. The Hall–Kier alpha value is -1.02. The first-order valence-electron chi connectivity index (χ1n) is 7.85. The van der Waals surface area contributed by atoms with Crippen LogP contribution in [-0.4, -0.2) is 19.2 Å². The van der Waals surface area contributed by atoms with E-state index in [4.69, 9.17) is 4.74 Å². The van der Waals surface area contributed by atoms with Gasteiger partial charge in [-0.3, -0.25) is 0 Å². The topological polar surface area (TPSA) is 21.3 Å². The summed E-state index contributed by atoms with van der Waals surface area (Å²) in [6, 6.07) is 7.16. The van der Waals surface area contributed by atoms with Crippen LogP contribution in [0.3, 0.4) is 0 Å². The molecule has 1 aromatic rings. The molecule has 1 atom stereocenters. The highest BCUT2D eigenvalue weighted by Gasteiger charge is 2.27. The van der Waals surface area contributed by atoms with Gasteiger partial charge in [0.25, 0.3) is 0 Å². The van der Waals surface area contributed by atoms with Crippen LogP contribution >= 0.6 is 0 Å². The minimum Gasteiger partial charge on any atom is -0.492 e. The first-order chi connectivity index (χ1) is 9.38. The van der Waals surface area contributed by atoms with Gasteiger partial charge in [-0.1, -0.05) is 32.9 Å². The Morgan fingerprint density at radius 1 is 1.30 bits per heavy atom. The minimum absolute atomic E-state index is 0.123. The van der Waals surface area contributed by atoms with E-state index in [2.05, 4.69) is 58.1 Å². The predicted molar refractivity (Wildman–Crippen MR) is 85.6 cm³/mol. The zero-order valence-electron chi connectivity index (χ0n) is 13.6. The van der Waals surface area contributed by atoms with Crippen LogP contribution in [0.2, 0.25) is 0 Å². The molecule has 0 aliphatic heterocycles. The van der Waals surface area contributed by atoms with E-state index >= 15 is 0 Å². The molecule has 1 unspecified atom stereocenters. The average Bonchev–Trinajstić information content (AvgIpc) is 3.17. The monoisotopic (exact) mass is 275 g/mol. The average molecular weight is 275 g/mol. The molecular weight excluding hydrogens is 246 g/mol. The standard InChI is InChI=1S/C18H29NO/c1-13-6-9-16(18(3,4)5)17(12-13)20-11-10-19-14(2)15-7-8-15/h6,9,12,14-15,19H,7-8,10-11H2,1-5H3. The Balaban J connectivity index is 1.89. The number of hydrogen-bond acceptors (Lipinski definition) is 2. The van der Waals surface area contributed by atoms with E-state index < -0.39 is 0 Å². The smallest absolute Gasteiger partial charge is 0.123 e. The molecule has 1 fully saturated rings. The summed E-state index contributed by atoms with van der Waals surface area (Å²) >= 11 is 0. The summed E-state index contributed by atoms with van der Waals surface area (Å²) in [7, 11) is 0. The zero-order chi connectivity index (χ0) is 14.8. The van der Waals surface area contributed by atoms with Gasteiger partial charge in [0.1, 0.15) is 12.4 Å². The number of aryl methyl sites for hydroxylation is 1. The summed E-state index contributed by atoms with van der Waals surface area (Å²) in [5, 5.41) is 3.56. The van der Waals surface area contributed by atoms with Crippen molar-refractivity contribution in [2.24, 2.45) is 5.92 Å². The second-order valence-electron chi connectivity index (χ2n) is 7.18. The highest BCUT2D eigenvalue weighted by atomic mass is 16.5. The van der Waals surface area contributed by atoms with Crippen LogP contribution in [0, 0.1) is 12.8 Å². The normalized spacial score (nSPS) is 17.1. The van der Waals surface area contributed by atoms with Crippen LogP contribution in [0.1, 0.15) is 51.7 Å². The van der Waals surface area contributed by atoms with Crippen molar-refractivity contribution in [1.82, 2.24) is 5.32 Å². The lowest BCUT2D eigenvalue weighted by molar-refractivity contribution is 0.296. The van der Waals surface area contributed by atoms with Crippen molar-refractivity contribution in [1.29, 1.82) is 0 Å². The molecule has 1 aliphatic rings. The fraction of sp³-hybridized carbons (Fsp3) is 0.667. The van der Waals surface area contributed by atoms with E-state index in [-0.39, 0.29) is 5.41 Å². The van der Waals surface area contributed by atoms with E-state index in [9.17, 15) is 0 Å². The van der Waals surface area contributed by atoms with Crippen LogP contribution in [0.4, 0.5) is 0 Å². The lowest BCUT2D eigenvalue weighted by Gasteiger charge is -2.23. The van der Waals surface area contributed by atoms with E-state index in [1.54, 1.807) is 0 Å². The number of benzene rings is 1. The maximum absolute atomic E-state index is 6.03. The van der Waals surface area contributed by atoms with Crippen molar-refractivity contribution in [3.63, 3.8) is 0 Å². The number of nitrogens with one attached hydrogen (secondary N) is 1. The minimum atomic E-state index is 0.123. The molecule has 1 aliphatic carbocycles. The third kappa shape index (κ3) is 4.24. The van der Waals surface area contributed by atoms with Crippen molar-refractivity contribution in [2.45, 2.75) is 58.9 Å². The maximum atomic E-state index is 6.03. The summed E-state index contributed by atoms with van der Waals surface area (Å²) in [4.78, 5) is 0. The van der Waals surface area contributed by atoms with Crippen molar-refractivity contribution in [3.05, 3.63) is 29.3 Å². The number of hydrogen-bond donors (Lipinski definition) is 1. The van der Waals surface area contributed by atoms with Gasteiger partial charge in [-0.15, -0.1) is 0 Å². The highest BCUT2D eigenvalue weighted by Crippen LogP contribution is 2.33. The molecule has 0 heterocycles. The van der Waals surface area contributed by atoms with Crippen molar-refractivity contribution < 1.29 is 4.74 Å². The molecule has 0 radical (unpaired) electrons. The maximum Gasteiger partial charge on any atom is 0.123 e. The largest absolute Gasteiger partial charge is 0.492 e. The van der Waals surface area contributed by atoms with Crippen molar-refractivity contribution in [3.8, 4) is 5.75 Å². The van der Waals surface area contributed by atoms with Gasteiger partial charge in [0.15, 0.2) is 0 Å². The Labute approximate surface area is 123 Å². The summed E-state index contributed by atoms with van der Waals surface area (Å²) in [6.45, 7) is 12.8. The van der Waals surface area contributed by atoms with Gasteiger partial charge in [-0.05, 0) is 55.2 Å².